The average Bonchev–Trinajstić information content (AvgIpc) is 2.77. The van der Waals surface area contributed by atoms with Gasteiger partial charge in [0.05, 0.1) is 24.1 Å². The van der Waals surface area contributed by atoms with E-state index in [0.717, 1.165) is 25.0 Å². The summed E-state index contributed by atoms with van der Waals surface area (Å²) in [6.45, 7) is 3.15. The summed E-state index contributed by atoms with van der Waals surface area (Å²) < 4.78 is 11.1. The summed E-state index contributed by atoms with van der Waals surface area (Å²) in [7, 11) is 0. The molecule has 1 aliphatic rings. The SMILES string of the molecule is C[C@H](COc1ccccc1)Nc1cnc(C=CC(=O)NOC2CCCCO2)cn1. The van der Waals surface area contributed by atoms with Gasteiger partial charge in [-0.1, -0.05) is 18.2 Å². The van der Waals surface area contributed by atoms with Gasteiger partial charge in [0.2, 0.25) is 0 Å². The number of amides is 1. The smallest absolute Gasteiger partial charge is 0.267 e. The summed E-state index contributed by atoms with van der Waals surface area (Å²) in [5.74, 6) is 1.08. The molecule has 8 nitrogen and oxygen atoms in total. The predicted molar refractivity (Wildman–Crippen MR) is 109 cm³/mol. The van der Waals surface area contributed by atoms with E-state index in [2.05, 4.69) is 20.8 Å². The van der Waals surface area contributed by atoms with Gasteiger partial charge in [-0.3, -0.25) is 9.78 Å². The van der Waals surface area contributed by atoms with Crippen LogP contribution in [0, 0.1) is 0 Å². The summed E-state index contributed by atoms with van der Waals surface area (Å²) in [4.78, 5) is 25.6. The molecule has 0 bridgehead atoms. The van der Waals surface area contributed by atoms with Crippen molar-refractivity contribution in [2.45, 2.75) is 38.5 Å². The lowest BCUT2D eigenvalue weighted by atomic mass is 10.2. The number of hydrogen-bond acceptors (Lipinski definition) is 7. The number of ether oxygens (including phenoxy) is 2. The number of carbonyl (C=O) groups excluding carboxylic acids is 1. The highest BCUT2D eigenvalue weighted by Gasteiger charge is 2.14. The van der Waals surface area contributed by atoms with Gasteiger partial charge in [0.15, 0.2) is 6.29 Å². The topological polar surface area (TPSA) is 94.6 Å². The first-order chi connectivity index (χ1) is 14.2. The molecule has 2 heterocycles. The minimum Gasteiger partial charge on any atom is -0.491 e. The molecule has 1 unspecified atom stereocenters. The lowest BCUT2D eigenvalue weighted by Crippen LogP contribution is -2.32. The van der Waals surface area contributed by atoms with Gasteiger partial charge in [0.1, 0.15) is 18.2 Å². The van der Waals surface area contributed by atoms with Crippen LogP contribution in [-0.2, 0) is 14.4 Å². The zero-order valence-electron chi connectivity index (χ0n) is 16.4. The molecule has 1 saturated heterocycles. The molecule has 0 saturated carbocycles. The van der Waals surface area contributed by atoms with Crippen LogP contribution in [0.25, 0.3) is 6.08 Å². The van der Waals surface area contributed by atoms with Gasteiger partial charge in [-0.05, 0) is 38.0 Å². The normalized spacial score (nSPS) is 17.6. The van der Waals surface area contributed by atoms with Gasteiger partial charge in [-0.25, -0.2) is 15.3 Å². The third-order valence-corrected chi connectivity index (χ3v) is 4.14. The zero-order chi connectivity index (χ0) is 20.3. The molecule has 2 atom stereocenters. The quantitative estimate of drug-likeness (QED) is 0.495. The van der Waals surface area contributed by atoms with E-state index >= 15 is 0 Å². The Morgan fingerprint density at radius 2 is 2.14 bits per heavy atom. The minimum absolute atomic E-state index is 0.0517. The number of nitrogens with one attached hydrogen (secondary N) is 2. The fourth-order valence-corrected chi connectivity index (χ4v) is 2.65. The third kappa shape index (κ3) is 7.52. The number of hydroxylamine groups is 1. The molecule has 1 aromatic carbocycles. The van der Waals surface area contributed by atoms with Crippen LogP contribution >= 0.6 is 0 Å². The highest BCUT2D eigenvalue weighted by Crippen LogP contribution is 2.12. The zero-order valence-corrected chi connectivity index (χ0v) is 16.4. The highest BCUT2D eigenvalue weighted by molar-refractivity contribution is 5.90. The molecule has 0 aliphatic carbocycles. The van der Waals surface area contributed by atoms with Gasteiger partial charge in [0.25, 0.3) is 5.91 Å². The van der Waals surface area contributed by atoms with Crippen molar-refractivity contribution in [3.8, 4) is 5.75 Å². The Bertz CT molecular complexity index is 777. The van der Waals surface area contributed by atoms with Crippen molar-refractivity contribution in [3.63, 3.8) is 0 Å². The van der Waals surface area contributed by atoms with Crippen LogP contribution in [0.15, 0.2) is 48.8 Å². The number of hydrogen-bond donors (Lipinski definition) is 2. The van der Waals surface area contributed by atoms with E-state index in [1.807, 2.05) is 37.3 Å². The van der Waals surface area contributed by atoms with E-state index in [9.17, 15) is 4.79 Å². The van der Waals surface area contributed by atoms with Crippen LogP contribution in [0.5, 0.6) is 5.75 Å². The number of anilines is 1. The molecule has 1 aromatic heterocycles. The molecule has 1 aliphatic heterocycles. The van der Waals surface area contributed by atoms with Gasteiger partial charge >= 0.3 is 0 Å². The molecule has 1 fully saturated rings. The van der Waals surface area contributed by atoms with Gasteiger partial charge in [-0.15, -0.1) is 0 Å². The van der Waals surface area contributed by atoms with Crippen molar-refractivity contribution in [3.05, 3.63) is 54.5 Å². The molecule has 3 rings (SSSR count). The summed E-state index contributed by atoms with van der Waals surface area (Å²) in [5, 5.41) is 3.22. The molecule has 1 amide bonds. The van der Waals surface area contributed by atoms with Crippen LogP contribution in [-0.4, -0.2) is 41.4 Å². The lowest BCUT2D eigenvalue weighted by molar-refractivity contribution is -0.198. The number of nitrogens with zero attached hydrogens (tertiary/aromatic N) is 2. The Morgan fingerprint density at radius 3 is 2.86 bits per heavy atom. The maximum Gasteiger partial charge on any atom is 0.267 e. The molecule has 154 valence electrons. The van der Waals surface area contributed by atoms with Crippen molar-refractivity contribution in [1.29, 1.82) is 0 Å². The van der Waals surface area contributed by atoms with E-state index < -0.39 is 0 Å². The van der Waals surface area contributed by atoms with Crippen molar-refractivity contribution in [2.24, 2.45) is 0 Å². The molecular formula is C21H26N4O4. The average molecular weight is 398 g/mol. The summed E-state index contributed by atoms with van der Waals surface area (Å²) >= 11 is 0. The number of carbonyl (C=O) groups is 1. The Hall–Kier alpha value is -2.97. The largest absolute Gasteiger partial charge is 0.491 e. The maximum absolute atomic E-state index is 11.8. The highest BCUT2D eigenvalue weighted by atomic mass is 16.8. The predicted octanol–water partition coefficient (Wildman–Crippen LogP) is 2.94. The Morgan fingerprint density at radius 1 is 1.28 bits per heavy atom. The summed E-state index contributed by atoms with van der Waals surface area (Å²) in [6.07, 6.45) is 8.57. The first-order valence-corrected chi connectivity index (χ1v) is 9.71. The molecule has 8 heteroatoms. The summed E-state index contributed by atoms with van der Waals surface area (Å²) in [5.41, 5.74) is 2.93. The minimum atomic E-state index is -0.380. The van der Waals surface area contributed by atoms with E-state index in [1.54, 1.807) is 18.5 Å². The Balaban J connectivity index is 1.39. The Labute approximate surface area is 170 Å². The monoisotopic (exact) mass is 398 g/mol. The molecule has 2 N–H and O–H groups in total. The van der Waals surface area contributed by atoms with Crippen molar-refractivity contribution >= 4 is 17.8 Å². The fraction of sp³-hybridized carbons (Fsp3) is 0.381. The molecule has 0 spiro atoms. The van der Waals surface area contributed by atoms with Crippen LogP contribution in [0.4, 0.5) is 5.82 Å². The van der Waals surface area contributed by atoms with Crippen LogP contribution in [0.3, 0.4) is 0 Å². The summed E-state index contributed by atoms with van der Waals surface area (Å²) in [6, 6.07) is 9.69. The van der Waals surface area contributed by atoms with Crippen LogP contribution < -0.4 is 15.5 Å². The first kappa shape index (κ1) is 20.8. The Kier molecular flexibility index (Phi) is 7.97. The number of rotatable bonds is 9. The number of para-hydroxylation sites is 1. The van der Waals surface area contributed by atoms with Crippen LogP contribution in [0.2, 0.25) is 0 Å². The second-order valence-corrected chi connectivity index (χ2v) is 6.71. The van der Waals surface area contributed by atoms with Crippen molar-refractivity contribution in [2.75, 3.05) is 18.5 Å². The molecule has 0 radical (unpaired) electrons. The second-order valence-electron chi connectivity index (χ2n) is 6.71. The lowest BCUT2D eigenvalue weighted by Gasteiger charge is -2.21. The van der Waals surface area contributed by atoms with E-state index in [-0.39, 0.29) is 18.2 Å². The van der Waals surface area contributed by atoms with Crippen LogP contribution in [0.1, 0.15) is 31.9 Å². The maximum atomic E-state index is 11.8. The standard InChI is InChI=1S/C21H26N4O4/c1-16(15-28-18-7-3-2-4-8-18)24-19-14-22-17(13-23-19)10-11-20(26)25-29-21-9-5-6-12-27-21/h2-4,7-8,10-11,13-14,16,21H,5-6,9,12,15H2,1H3,(H,23,24)(H,25,26)/t16-,21?/m1/s1. The van der Waals surface area contributed by atoms with Crippen molar-refractivity contribution in [1.82, 2.24) is 15.4 Å². The fourth-order valence-electron chi connectivity index (χ4n) is 2.65. The molecule has 2 aromatic rings. The number of benzene rings is 1. The van der Waals surface area contributed by atoms with E-state index in [0.29, 0.717) is 24.7 Å². The van der Waals surface area contributed by atoms with Gasteiger partial charge < -0.3 is 14.8 Å². The van der Waals surface area contributed by atoms with Crippen molar-refractivity contribution < 1.29 is 19.1 Å². The number of aromatic nitrogens is 2. The second kappa shape index (κ2) is 11.1. The van der Waals surface area contributed by atoms with E-state index in [1.165, 1.54) is 6.08 Å². The first-order valence-electron chi connectivity index (χ1n) is 9.71. The van der Waals surface area contributed by atoms with E-state index in [4.69, 9.17) is 14.3 Å². The third-order valence-electron chi connectivity index (χ3n) is 4.14. The molecule has 29 heavy (non-hydrogen) atoms. The molecular weight excluding hydrogens is 372 g/mol. The van der Waals surface area contributed by atoms with Gasteiger partial charge in [0, 0.05) is 19.1 Å². The van der Waals surface area contributed by atoms with Gasteiger partial charge in [-0.2, -0.15) is 0 Å².